The maximum Gasteiger partial charge on any atom is 0.295 e. The number of benzene rings is 2. The Labute approximate surface area is 196 Å². The molecular weight excluding hydrogens is 448 g/mol. The SMILES string of the molecule is COc1ccc(C(O)=C2C(=O)C(=O)N(CCN3CCOCC3)[C@@H]2c2cccc(Cl)c2)c(O)c1. The number of ketones is 1. The van der Waals surface area contributed by atoms with Gasteiger partial charge in [-0.05, 0) is 29.8 Å². The van der Waals surface area contributed by atoms with Crippen molar-refractivity contribution in [2.45, 2.75) is 6.04 Å². The van der Waals surface area contributed by atoms with Crippen LogP contribution in [0.25, 0.3) is 5.76 Å². The highest BCUT2D eigenvalue weighted by Crippen LogP contribution is 2.41. The molecule has 2 fully saturated rings. The number of carbonyl (C=O) groups is 2. The summed E-state index contributed by atoms with van der Waals surface area (Å²) in [5.41, 5.74) is 0.539. The van der Waals surface area contributed by atoms with Crippen LogP contribution in [-0.4, -0.2) is 78.2 Å². The molecule has 174 valence electrons. The fraction of sp³-hybridized carbons (Fsp3) is 0.333. The van der Waals surface area contributed by atoms with E-state index in [4.69, 9.17) is 21.1 Å². The van der Waals surface area contributed by atoms with Crippen molar-refractivity contribution < 1.29 is 29.3 Å². The Morgan fingerprint density at radius 3 is 2.58 bits per heavy atom. The summed E-state index contributed by atoms with van der Waals surface area (Å²) in [6.07, 6.45) is 0. The fourth-order valence-corrected chi connectivity index (χ4v) is 4.39. The first-order valence-electron chi connectivity index (χ1n) is 10.6. The van der Waals surface area contributed by atoms with E-state index >= 15 is 0 Å². The molecule has 0 saturated carbocycles. The Morgan fingerprint density at radius 2 is 1.91 bits per heavy atom. The molecule has 2 aromatic rings. The van der Waals surface area contributed by atoms with Crippen LogP contribution in [0.5, 0.6) is 11.5 Å². The minimum Gasteiger partial charge on any atom is -0.507 e. The van der Waals surface area contributed by atoms with E-state index in [1.54, 1.807) is 30.3 Å². The number of phenols is 1. The third-order valence-electron chi connectivity index (χ3n) is 5.93. The van der Waals surface area contributed by atoms with Crippen LogP contribution in [0, 0.1) is 0 Å². The van der Waals surface area contributed by atoms with Crippen LogP contribution in [0.2, 0.25) is 5.02 Å². The molecule has 2 N–H and O–H groups in total. The second kappa shape index (κ2) is 9.82. The number of hydrogen-bond donors (Lipinski definition) is 2. The molecule has 2 aromatic carbocycles. The first-order chi connectivity index (χ1) is 15.9. The van der Waals surface area contributed by atoms with Crippen LogP contribution >= 0.6 is 11.6 Å². The van der Waals surface area contributed by atoms with Crippen molar-refractivity contribution in [3.63, 3.8) is 0 Å². The number of halogens is 1. The smallest absolute Gasteiger partial charge is 0.295 e. The normalized spacial score (nSPS) is 20.9. The molecule has 8 nitrogen and oxygen atoms in total. The molecular formula is C24H25ClN2O6. The number of aliphatic hydroxyl groups excluding tert-OH is 1. The summed E-state index contributed by atoms with van der Waals surface area (Å²) >= 11 is 6.20. The van der Waals surface area contributed by atoms with Crippen LogP contribution in [0.4, 0.5) is 0 Å². The lowest BCUT2D eigenvalue weighted by Crippen LogP contribution is -2.42. The zero-order valence-corrected chi connectivity index (χ0v) is 18.9. The fourth-order valence-electron chi connectivity index (χ4n) is 4.19. The van der Waals surface area contributed by atoms with Gasteiger partial charge in [0.2, 0.25) is 0 Å². The summed E-state index contributed by atoms with van der Waals surface area (Å²) in [6, 6.07) is 10.3. The number of ether oxygens (including phenoxy) is 2. The number of nitrogens with zero attached hydrogens (tertiary/aromatic N) is 2. The molecule has 33 heavy (non-hydrogen) atoms. The maximum atomic E-state index is 13.1. The number of Topliss-reactive ketones (excluding diaryl/α,β-unsaturated/α-hetero) is 1. The summed E-state index contributed by atoms with van der Waals surface area (Å²) < 4.78 is 10.5. The van der Waals surface area contributed by atoms with Gasteiger partial charge < -0.3 is 24.6 Å². The lowest BCUT2D eigenvalue weighted by molar-refractivity contribution is -0.140. The number of carbonyl (C=O) groups excluding carboxylic acids is 2. The van der Waals surface area contributed by atoms with Gasteiger partial charge in [0.15, 0.2) is 0 Å². The van der Waals surface area contributed by atoms with Crippen LogP contribution < -0.4 is 4.74 Å². The minimum atomic E-state index is -0.841. The molecule has 2 heterocycles. The van der Waals surface area contributed by atoms with Gasteiger partial charge in [0.1, 0.15) is 17.3 Å². The van der Waals surface area contributed by atoms with E-state index < -0.39 is 23.5 Å². The van der Waals surface area contributed by atoms with Crippen molar-refractivity contribution in [3.05, 3.63) is 64.2 Å². The number of amides is 1. The average Bonchev–Trinajstić information content (AvgIpc) is 3.07. The van der Waals surface area contributed by atoms with E-state index in [0.29, 0.717) is 36.1 Å². The van der Waals surface area contributed by atoms with Crippen molar-refractivity contribution in [2.24, 2.45) is 0 Å². The van der Waals surface area contributed by atoms with E-state index in [0.717, 1.165) is 13.1 Å². The molecule has 0 radical (unpaired) electrons. The molecule has 0 unspecified atom stereocenters. The van der Waals surface area contributed by atoms with Crippen LogP contribution in [0.3, 0.4) is 0 Å². The molecule has 0 bridgehead atoms. The quantitative estimate of drug-likeness (QED) is 0.379. The molecule has 2 saturated heterocycles. The zero-order chi connectivity index (χ0) is 23.5. The van der Waals surface area contributed by atoms with Crippen molar-refractivity contribution in [1.29, 1.82) is 0 Å². The second-order valence-corrected chi connectivity index (χ2v) is 8.32. The predicted molar refractivity (Wildman–Crippen MR) is 122 cm³/mol. The van der Waals surface area contributed by atoms with Crippen molar-refractivity contribution in [2.75, 3.05) is 46.5 Å². The number of aliphatic hydroxyl groups is 1. The van der Waals surface area contributed by atoms with Crippen LogP contribution in [0.15, 0.2) is 48.0 Å². The summed E-state index contributed by atoms with van der Waals surface area (Å²) in [7, 11) is 1.45. The minimum absolute atomic E-state index is 0.0361. The second-order valence-electron chi connectivity index (χ2n) is 7.88. The number of morpholine rings is 1. The van der Waals surface area contributed by atoms with Gasteiger partial charge in [0, 0.05) is 37.3 Å². The van der Waals surface area contributed by atoms with Gasteiger partial charge in [-0.15, -0.1) is 0 Å². The average molecular weight is 473 g/mol. The van der Waals surface area contributed by atoms with Crippen LogP contribution in [0.1, 0.15) is 17.2 Å². The number of methoxy groups -OCH3 is 1. The van der Waals surface area contributed by atoms with E-state index in [1.807, 2.05) is 0 Å². The number of rotatable bonds is 6. The molecule has 0 spiro atoms. The third-order valence-corrected chi connectivity index (χ3v) is 6.16. The van der Waals surface area contributed by atoms with Gasteiger partial charge in [0.25, 0.3) is 11.7 Å². The first-order valence-corrected chi connectivity index (χ1v) is 11.0. The topological polar surface area (TPSA) is 99.5 Å². The van der Waals surface area contributed by atoms with Gasteiger partial charge in [-0.25, -0.2) is 0 Å². The summed E-state index contributed by atoms with van der Waals surface area (Å²) in [5.74, 6) is -1.84. The Morgan fingerprint density at radius 1 is 1.15 bits per heavy atom. The molecule has 2 aliphatic heterocycles. The highest BCUT2D eigenvalue weighted by molar-refractivity contribution is 6.46. The van der Waals surface area contributed by atoms with Crippen LogP contribution in [-0.2, 0) is 14.3 Å². The summed E-state index contributed by atoms with van der Waals surface area (Å²) in [6.45, 7) is 3.56. The Bertz CT molecular complexity index is 1100. The Kier molecular flexibility index (Phi) is 6.88. The molecule has 1 atom stereocenters. The zero-order valence-electron chi connectivity index (χ0n) is 18.2. The highest BCUT2D eigenvalue weighted by Gasteiger charge is 2.46. The van der Waals surface area contributed by atoms with E-state index in [2.05, 4.69) is 4.90 Å². The molecule has 4 rings (SSSR count). The highest BCUT2D eigenvalue weighted by atomic mass is 35.5. The molecule has 0 aliphatic carbocycles. The summed E-state index contributed by atoms with van der Waals surface area (Å²) in [5, 5.41) is 22.0. The molecule has 2 aliphatic rings. The lowest BCUT2D eigenvalue weighted by atomic mass is 9.95. The molecule has 0 aromatic heterocycles. The van der Waals surface area contributed by atoms with E-state index in [-0.39, 0.29) is 23.4 Å². The first kappa shape index (κ1) is 23.1. The van der Waals surface area contributed by atoms with Gasteiger partial charge in [0.05, 0.1) is 37.5 Å². The molecule has 1 amide bonds. The standard InChI is InChI=1S/C24H25ClN2O6/c1-32-17-5-6-18(19(28)14-17)22(29)20-21(15-3-2-4-16(25)13-15)27(24(31)23(20)30)8-7-26-9-11-33-12-10-26/h2-6,13-14,21,28-29H,7-12H2,1H3/t21-/m1/s1. The summed E-state index contributed by atoms with van der Waals surface area (Å²) in [4.78, 5) is 29.8. The number of hydrogen-bond acceptors (Lipinski definition) is 7. The van der Waals surface area contributed by atoms with Gasteiger partial charge in [-0.1, -0.05) is 23.7 Å². The van der Waals surface area contributed by atoms with Crippen molar-refractivity contribution in [3.8, 4) is 11.5 Å². The predicted octanol–water partition coefficient (Wildman–Crippen LogP) is 2.81. The third kappa shape index (κ3) is 4.68. The number of phenolic OH excluding ortho intramolecular Hbond substituents is 1. The Balaban J connectivity index is 1.76. The number of likely N-dealkylation sites (tertiary alicyclic amines) is 1. The van der Waals surface area contributed by atoms with Gasteiger partial charge in [-0.2, -0.15) is 0 Å². The Hall–Kier alpha value is -3.07. The maximum absolute atomic E-state index is 13.1. The van der Waals surface area contributed by atoms with Gasteiger partial charge >= 0.3 is 0 Å². The van der Waals surface area contributed by atoms with Crippen molar-refractivity contribution in [1.82, 2.24) is 9.80 Å². The van der Waals surface area contributed by atoms with Gasteiger partial charge in [-0.3, -0.25) is 14.5 Å². The lowest BCUT2D eigenvalue weighted by Gasteiger charge is -2.31. The monoisotopic (exact) mass is 472 g/mol. The van der Waals surface area contributed by atoms with Crippen molar-refractivity contribution >= 4 is 29.1 Å². The molecule has 9 heteroatoms. The van der Waals surface area contributed by atoms with E-state index in [9.17, 15) is 19.8 Å². The largest absolute Gasteiger partial charge is 0.507 e. The number of aromatic hydroxyl groups is 1. The van der Waals surface area contributed by atoms with E-state index in [1.165, 1.54) is 24.1 Å².